The molecule has 1 aromatic heterocycles. The fraction of sp³-hybridized carbons (Fsp3) is 0.750. The summed E-state index contributed by atoms with van der Waals surface area (Å²) in [5, 5.41) is 0. The van der Waals surface area contributed by atoms with E-state index in [4.69, 9.17) is 0 Å². The zero-order chi connectivity index (χ0) is 18.8. The van der Waals surface area contributed by atoms with Crippen molar-refractivity contribution >= 4 is 23.2 Å². The lowest BCUT2D eigenvalue weighted by molar-refractivity contribution is -0.136. The summed E-state index contributed by atoms with van der Waals surface area (Å²) in [5.74, 6) is 0.691. The van der Waals surface area contributed by atoms with Gasteiger partial charge in [-0.05, 0) is 52.0 Å². The highest BCUT2D eigenvalue weighted by molar-refractivity contribution is 7.11. The van der Waals surface area contributed by atoms with Gasteiger partial charge in [-0.3, -0.25) is 14.5 Å². The molecule has 3 aliphatic heterocycles. The van der Waals surface area contributed by atoms with Crippen molar-refractivity contribution in [2.45, 2.75) is 51.5 Å². The third kappa shape index (κ3) is 4.04. The van der Waals surface area contributed by atoms with Crippen LogP contribution in [0.5, 0.6) is 0 Å². The van der Waals surface area contributed by atoms with Crippen LogP contribution in [-0.2, 0) is 4.79 Å². The summed E-state index contributed by atoms with van der Waals surface area (Å²) in [7, 11) is 0. The molecule has 0 bridgehead atoms. The van der Waals surface area contributed by atoms with Crippen molar-refractivity contribution in [2.75, 3.05) is 39.3 Å². The van der Waals surface area contributed by atoms with Gasteiger partial charge in [0.05, 0.1) is 17.1 Å². The Hall–Kier alpha value is -1.47. The van der Waals surface area contributed by atoms with E-state index in [1.54, 1.807) is 5.51 Å². The maximum Gasteiger partial charge on any atom is 0.265 e. The lowest BCUT2D eigenvalue weighted by Crippen LogP contribution is -2.51. The number of hydrogen-bond acceptors (Lipinski definition) is 5. The summed E-state index contributed by atoms with van der Waals surface area (Å²) in [4.78, 5) is 37.0. The van der Waals surface area contributed by atoms with E-state index in [-0.39, 0.29) is 11.8 Å². The molecular formula is C20H30N4O2S. The second kappa shape index (κ2) is 8.27. The van der Waals surface area contributed by atoms with E-state index in [0.29, 0.717) is 11.9 Å². The van der Waals surface area contributed by atoms with Crippen LogP contribution in [0.3, 0.4) is 0 Å². The van der Waals surface area contributed by atoms with Crippen LogP contribution in [0.2, 0.25) is 0 Å². The number of likely N-dealkylation sites (tertiary alicyclic amines) is 3. The highest BCUT2D eigenvalue weighted by Crippen LogP contribution is 2.27. The number of thiazole rings is 1. The molecule has 6 nitrogen and oxygen atoms in total. The molecule has 1 unspecified atom stereocenters. The van der Waals surface area contributed by atoms with Gasteiger partial charge in [-0.2, -0.15) is 0 Å². The van der Waals surface area contributed by atoms with Crippen LogP contribution in [0.25, 0.3) is 0 Å². The zero-order valence-corrected chi connectivity index (χ0v) is 17.0. The van der Waals surface area contributed by atoms with Crippen LogP contribution in [-0.4, -0.2) is 76.8 Å². The Morgan fingerprint density at radius 1 is 1.00 bits per heavy atom. The Morgan fingerprint density at radius 2 is 1.74 bits per heavy atom. The molecule has 3 aliphatic rings. The molecular weight excluding hydrogens is 360 g/mol. The minimum atomic E-state index is 0.134. The minimum Gasteiger partial charge on any atom is -0.342 e. The molecule has 3 saturated heterocycles. The van der Waals surface area contributed by atoms with E-state index < -0.39 is 0 Å². The average molecular weight is 391 g/mol. The number of aromatic nitrogens is 1. The van der Waals surface area contributed by atoms with Crippen LogP contribution in [0.1, 0.15) is 53.9 Å². The Balaban J connectivity index is 1.30. The SMILES string of the molecule is Cc1ncsc1C(=O)N1CCC(N2CCCC(C(=O)N3CCCC3)C2)CC1. The Morgan fingerprint density at radius 3 is 2.41 bits per heavy atom. The monoisotopic (exact) mass is 390 g/mol. The number of amides is 2. The van der Waals surface area contributed by atoms with Crippen molar-refractivity contribution < 1.29 is 9.59 Å². The van der Waals surface area contributed by atoms with Gasteiger partial charge in [-0.15, -0.1) is 11.3 Å². The van der Waals surface area contributed by atoms with Crippen molar-refractivity contribution in [2.24, 2.45) is 5.92 Å². The lowest BCUT2D eigenvalue weighted by atomic mass is 9.93. The molecule has 2 amide bonds. The number of piperidine rings is 2. The molecule has 3 fully saturated rings. The number of carbonyl (C=O) groups is 2. The van der Waals surface area contributed by atoms with Crippen LogP contribution < -0.4 is 0 Å². The third-order valence-corrected chi connectivity index (χ3v) is 7.34. The molecule has 7 heteroatoms. The molecule has 4 rings (SSSR count). The largest absolute Gasteiger partial charge is 0.342 e. The molecule has 0 saturated carbocycles. The molecule has 27 heavy (non-hydrogen) atoms. The van der Waals surface area contributed by atoms with Crippen LogP contribution in [0.15, 0.2) is 5.51 Å². The highest BCUT2D eigenvalue weighted by Gasteiger charge is 2.35. The number of aryl methyl sites for hydroxylation is 1. The van der Waals surface area contributed by atoms with Crippen molar-refractivity contribution in [3.8, 4) is 0 Å². The first kappa shape index (κ1) is 18.9. The van der Waals surface area contributed by atoms with Gasteiger partial charge in [0.15, 0.2) is 0 Å². The van der Waals surface area contributed by atoms with Crippen LogP contribution in [0, 0.1) is 12.8 Å². The van der Waals surface area contributed by atoms with E-state index in [2.05, 4.69) is 14.8 Å². The van der Waals surface area contributed by atoms with E-state index in [1.807, 2.05) is 11.8 Å². The van der Waals surface area contributed by atoms with Gasteiger partial charge < -0.3 is 9.80 Å². The predicted octanol–water partition coefficient (Wildman–Crippen LogP) is 2.39. The standard InChI is InChI=1S/C20H30N4O2S/c1-15-18(27-14-21-15)20(26)23-11-6-17(7-12-23)24-10-4-5-16(13-24)19(25)22-8-2-3-9-22/h14,16-17H,2-13H2,1H3. The first-order valence-electron chi connectivity index (χ1n) is 10.4. The quantitative estimate of drug-likeness (QED) is 0.795. The molecule has 0 spiro atoms. The lowest BCUT2D eigenvalue weighted by Gasteiger charge is -2.42. The summed E-state index contributed by atoms with van der Waals surface area (Å²) in [5.41, 5.74) is 2.59. The van der Waals surface area contributed by atoms with Gasteiger partial charge >= 0.3 is 0 Å². The van der Waals surface area contributed by atoms with Crippen molar-refractivity contribution in [1.29, 1.82) is 0 Å². The minimum absolute atomic E-state index is 0.134. The van der Waals surface area contributed by atoms with Crippen molar-refractivity contribution in [3.05, 3.63) is 16.1 Å². The molecule has 4 heterocycles. The highest BCUT2D eigenvalue weighted by atomic mass is 32.1. The van der Waals surface area contributed by atoms with Crippen molar-refractivity contribution in [3.63, 3.8) is 0 Å². The molecule has 148 valence electrons. The average Bonchev–Trinajstić information content (AvgIpc) is 3.39. The summed E-state index contributed by atoms with van der Waals surface area (Å²) >= 11 is 1.44. The molecule has 1 atom stereocenters. The fourth-order valence-corrected chi connectivity index (χ4v) is 5.59. The van der Waals surface area contributed by atoms with Crippen LogP contribution in [0.4, 0.5) is 0 Å². The topological polar surface area (TPSA) is 56.8 Å². The van der Waals surface area contributed by atoms with Gasteiger partial charge in [0.2, 0.25) is 5.91 Å². The first-order valence-corrected chi connectivity index (χ1v) is 11.2. The fourth-order valence-electron chi connectivity index (χ4n) is 4.82. The van der Waals surface area contributed by atoms with Gasteiger partial charge in [-0.1, -0.05) is 0 Å². The van der Waals surface area contributed by atoms with Gasteiger partial charge in [0.1, 0.15) is 4.88 Å². The molecule has 0 radical (unpaired) electrons. The molecule has 0 aliphatic carbocycles. The van der Waals surface area contributed by atoms with E-state index >= 15 is 0 Å². The summed E-state index contributed by atoms with van der Waals surface area (Å²) in [6.07, 6.45) is 6.49. The van der Waals surface area contributed by atoms with Gasteiger partial charge in [-0.25, -0.2) is 4.98 Å². The normalized spacial score (nSPS) is 25.1. The van der Waals surface area contributed by atoms with E-state index in [0.717, 1.165) is 88.4 Å². The second-order valence-corrected chi connectivity index (χ2v) is 9.01. The summed E-state index contributed by atoms with van der Waals surface area (Å²) in [6, 6.07) is 0.505. The molecule has 0 N–H and O–H groups in total. The van der Waals surface area contributed by atoms with E-state index in [9.17, 15) is 9.59 Å². The molecule has 1 aromatic rings. The number of carbonyl (C=O) groups excluding carboxylic acids is 2. The van der Waals surface area contributed by atoms with Crippen LogP contribution >= 0.6 is 11.3 Å². The molecule has 0 aromatic carbocycles. The number of hydrogen-bond donors (Lipinski definition) is 0. The number of nitrogens with zero attached hydrogens (tertiary/aromatic N) is 4. The van der Waals surface area contributed by atoms with Crippen molar-refractivity contribution in [1.82, 2.24) is 19.7 Å². The second-order valence-electron chi connectivity index (χ2n) is 8.16. The summed E-state index contributed by atoms with van der Waals surface area (Å²) < 4.78 is 0. The summed E-state index contributed by atoms with van der Waals surface area (Å²) in [6.45, 7) is 7.42. The van der Waals surface area contributed by atoms with Gasteiger partial charge in [0.25, 0.3) is 5.91 Å². The van der Waals surface area contributed by atoms with E-state index in [1.165, 1.54) is 11.3 Å². The zero-order valence-electron chi connectivity index (χ0n) is 16.2. The Kier molecular flexibility index (Phi) is 5.78. The maximum atomic E-state index is 12.8. The first-order chi connectivity index (χ1) is 13.1. The van der Waals surface area contributed by atoms with Gasteiger partial charge in [0, 0.05) is 38.8 Å². The number of rotatable bonds is 3. The smallest absolute Gasteiger partial charge is 0.265 e. The Labute approximate surface area is 165 Å². The Bertz CT molecular complexity index is 677. The predicted molar refractivity (Wildman–Crippen MR) is 106 cm³/mol. The maximum absolute atomic E-state index is 12.8. The third-order valence-electron chi connectivity index (χ3n) is 6.43.